The van der Waals surface area contributed by atoms with Gasteiger partial charge in [-0.15, -0.1) is 0 Å². The maximum absolute atomic E-state index is 12.4. The van der Waals surface area contributed by atoms with E-state index in [1.165, 1.54) is 19.3 Å². The first kappa shape index (κ1) is 22.2. The van der Waals surface area contributed by atoms with Gasteiger partial charge in [-0.05, 0) is 86.3 Å². The third kappa shape index (κ3) is 6.47. The molecule has 0 aromatic heterocycles. The molecule has 0 saturated carbocycles. The van der Waals surface area contributed by atoms with Crippen LogP contribution in [-0.4, -0.2) is 42.8 Å². The molecule has 1 amide bonds. The second kappa shape index (κ2) is 9.98. The third-order valence-corrected chi connectivity index (χ3v) is 6.35. The molecule has 160 valence electrons. The summed E-state index contributed by atoms with van der Waals surface area (Å²) >= 11 is -0.127. The van der Waals surface area contributed by atoms with E-state index in [1.54, 1.807) is 6.07 Å². The smallest absolute Gasteiger partial charge is 0.351 e. The van der Waals surface area contributed by atoms with Crippen molar-refractivity contribution in [1.82, 2.24) is 10.6 Å². The Labute approximate surface area is 173 Å². The minimum absolute atomic E-state index is 0.0216. The minimum atomic E-state index is -4.27. The summed E-state index contributed by atoms with van der Waals surface area (Å²) in [7, 11) is 0. The van der Waals surface area contributed by atoms with E-state index in [2.05, 4.69) is 16.7 Å². The fourth-order valence-electron chi connectivity index (χ4n) is 4.05. The van der Waals surface area contributed by atoms with Crippen LogP contribution >= 0.6 is 11.8 Å². The summed E-state index contributed by atoms with van der Waals surface area (Å²) in [6.45, 7) is 4.12. The Hall–Kier alpha value is -1.54. The van der Waals surface area contributed by atoms with Gasteiger partial charge in [-0.1, -0.05) is 12.5 Å². The molecule has 2 N–H and O–H groups in total. The van der Waals surface area contributed by atoms with Crippen molar-refractivity contribution in [2.45, 2.75) is 50.6 Å². The highest BCUT2D eigenvalue weighted by Crippen LogP contribution is 2.29. The Morgan fingerprint density at radius 2 is 2.17 bits per heavy atom. The van der Waals surface area contributed by atoms with Gasteiger partial charge < -0.3 is 10.6 Å². The van der Waals surface area contributed by atoms with Crippen molar-refractivity contribution in [2.24, 2.45) is 10.9 Å². The molecule has 2 heterocycles. The van der Waals surface area contributed by atoms with Gasteiger partial charge in [0.15, 0.2) is 0 Å². The molecule has 1 fully saturated rings. The van der Waals surface area contributed by atoms with Crippen molar-refractivity contribution < 1.29 is 18.0 Å². The zero-order valence-corrected chi connectivity index (χ0v) is 17.5. The first-order valence-corrected chi connectivity index (χ1v) is 11.2. The molecule has 8 heteroatoms. The van der Waals surface area contributed by atoms with Gasteiger partial charge in [0, 0.05) is 17.9 Å². The van der Waals surface area contributed by atoms with Crippen molar-refractivity contribution >= 4 is 23.7 Å². The van der Waals surface area contributed by atoms with Crippen LogP contribution in [0, 0.1) is 12.8 Å². The predicted molar refractivity (Wildman–Crippen MR) is 111 cm³/mol. The molecular weight excluding hydrogens is 399 g/mol. The van der Waals surface area contributed by atoms with Crippen LogP contribution in [-0.2, 0) is 0 Å². The van der Waals surface area contributed by atoms with Gasteiger partial charge in [-0.25, -0.2) is 0 Å². The number of carbonyl (C=O) groups excluding carboxylic acids is 1. The molecule has 2 atom stereocenters. The van der Waals surface area contributed by atoms with E-state index in [1.807, 2.05) is 13.0 Å². The molecule has 0 aliphatic carbocycles. The number of amides is 1. The quantitative estimate of drug-likeness (QED) is 0.628. The highest BCUT2D eigenvalue weighted by molar-refractivity contribution is 8.00. The van der Waals surface area contributed by atoms with Crippen LogP contribution in [0.15, 0.2) is 17.1 Å². The van der Waals surface area contributed by atoms with E-state index >= 15 is 0 Å². The molecule has 1 aromatic carbocycles. The normalized spacial score (nSPS) is 21.2. The average molecular weight is 428 g/mol. The molecule has 3 rings (SSSR count). The Kier molecular flexibility index (Phi) is 7.62. The highest BCUT2D eigenvalue weighted by atomic mass is 32.2. The van der Waals surface area contributed by atoms with Gasteiger partial charge in [-0.2, -0.15) is 13.2 Å². The first-order valence-electron chi connectivity index (χ1n) is 10.2. The van der Waals surface area contributed by atoms with Crippen LogP contribution in [0.3, 0.4) is 0 Å². The number of rotatable bonds is 8. The number of hydrogen-bond donors (Lipinski definition) is 2. The Morgan fingerprint density at radius 1 is 1.34 bits per heavy atom. The molecule has 1 aromatic rings. The van der Waals surface area contributed by atoms with E-state index < -0.39 is 5.51 Å². The largest absolute Gasteiger partial charge is 0.441 e. The molecule has 4 nitrogen and oxygen atoms in total. The van der Waals surface area contributed by atoms with E-state index in [0.717, 1.165) is 48.0 Å². The van der Waals surface area contributed by atoms with E-state index in [-0.39, 0.29) is 36.0 Å². The van der Waals surface area contributed by atoms with Gasteiger partial charge in [0.05, 0.1) is 11.4 Å². The van der Waals surface area contributed by atoms with Gasteiger partial charge >= 0.3 is 5.51 Å². The predicted octanol–water partition coefficient (Wildman–Crippen LogP) is 2.93. The lowest BCUT2D eigenvalue weighted by Crippen LogP contribution is -2.36. The molecular formula is C21H28F3N3OS. The molecule has 0 spiro atoms. The number of fused-ring (bicyclic) bond motifs is 1. The number of nitrogens with zero attached hydrogens (tertiary/aromatic N) is 1. The highest BCUT2D eigenvalue weighted by Gasteiger charge is 2.27. The molecule has 29 heavy (non-hydrogen) atoms. The monoisotopic (exact) mass is 427 g/mol. The maximum atomic E-state index is 12.4. The molecule has 1 unspecified atom stereocenters. The fourth-order valence-corrected chi connectivity index (χ4v) is 4.48. The van der Waals surface area contributed by atoms with Gasteiger partial charge in [0.1, 0.15) is 0 Å². The zero-order chi connectivity index (χ0) is 20.9. The van der Waals surface area contributed by atoms with Crippen LogP contribution in [0.4, 0.5) is 13.2 Å². The van der Waals surface area contributed by atoms with E-state index in [9.17, 15) is 18.0 Å². The van der Waals surface area contributed by atoms with Crippen molar-refractivity contribution in [1.29, 1.82) is 0 Å². The topological polar surface area (TPSA) is 53.5 Å². The van der Waals surface area contributed by atoms with Crippen LogP contribution < -0.4 is 21.2 Å². The molecule has 0 bridgehead atoms. The van der Waals surface area contributed by atoms with Crippen LogP contribution in [0.5, 0.6) is 0 Å². The molecule has 1 saturated heterocycles. The standard InChI is InChI=1S/C21H28F3N3OS/c1-14-17-6-5-16(4-2-3-15-9-10-25-13-15)27-19(17)8-7-18(14)20(28)26-11-12-29-21(22,23)24/h6-8,15-16,25H,2-5,9-13H2,1H3,(H,26,28)/t15-,16?/m1/s1. The molecule has 0 radical (unpaired) electrons. The lowest BCUT2D eigenvalue weighted by molar-refractivity contribution is -0.0327. The second-order valence-corrected chi connectivity index (χ2v) is 8.89. The number of halogens is 3. The third-order valence-electron chi connectivity index (χ3n) is 5.62. The Balaban J connectivity index is 1.56. The molecule has 2 aliphatic rings. The zero-order valence-electron chi connectivity index (χ0n) is 16.6. The minimum Gasteiger partial charge on any atom is -0.351 e. The maximum Gasteiger partial charge on any atom is 0.441 e. The fraction of sp³-hybridized carbons (Fsp3) is 0.619. The van der Waals surface area contributed by atoms with Gasteiger partial charge in [-0.3, -0.25) is 9.79 Å². The summed E-state index contributed by atoms with van der Waals surface area (Å²) in [6, 6.07) is 3.87. The Bertz CT molecular complexity index is 835. The number of thioether (sulfide) groups is 1. The van der Waals surface area contributed by atoms with Gasteiger partial charge in [0.25, 0.3) is 5.91 Å². The summed E-state index contributed by atoms with van der Waals surface area (Å²) < 4.78 is 36.5. The summed E-state index contributed by atoms with van der Waals surface area (Å²) in [5, 5.41) is 7.86. The van der Waals surface area contributed by atoms with Crippen molar-refractivity contribution in [3.63, 3.8) is 0 Å². The summed E-state index contributed by atoms with van der Waals surface area (Å²) in [6.07, 6.45) is 7.79. The average Bonchev–Trinajstić information content (AvgIpc) is 3.18. The van der Waals surface area contributed by atoms with Crippen LogP contribution in [0.2, 0.25) is 0 Å². The van der Waals surface area contributed by atoms with Crippen molar-refractivity contribution in [3.05, 3.63) is 33.8 Å². The number of benzene rings is 1. The first-order chi connectivity index (χ1) is 13.8. The summed E-state index contributed by atoms with van der Waals surface area (Å²) in [4.78, 5) is 17.2. The number of alkyl halides is 3. The van der Waals surface area contributed by atoms with Crippen LogP contribution in [0.1, 0.15) is 48.0 Å². The lowest BCUT2D eigenvalue weighted by Gasteiger charge is -2.16. The molecule has 2 aliphatic heterocycles. The summed E-state index contributed by atoms with van der Waals surface area (Å²) in [5.41, 5.74) is -2.94. The SMILES string of the molecule is Cc1c(C(=O)NCCSC(F)(F)F)ccc2c1=CCC(CCC[C@@H]1CCNC1)N=2. The van der Waals surface area contributed by atoms with Crippen molar-refractivity contribution in [2.75, 3.05) is 25.4 Å². The van der Waals surface area contributed by atoms with Gasteiger partial charge in [0.2, 0.25) is 0 Å². The lowest BCUT2D eigenvalue weighted by atomic mass is 9.96. The van der Waals surface area contributed by atoms with E-state index in [4.69, 9.17) is 4.99 Å². The number of hydrogen-bond acceptors (Lipinski definition) is 4. The Morgan fingerprint density at radius 3 is 2.90 bits per heavy atom. The van der Waals surface area contributed by atoms with Crippen LogP contribution in [0.25, 0.3) is 6.08 Å². The number of nitrogens with one attached hydrogen (secondary N) is 2. The second-order valence-electron chi connectivity index (χ2n) is 7.73. The number of carbonyl (C=O) groups is 1. The van der Waals surface area contributed by atoms with Crippen molar-refractivity contribution in [3.8, 4) is 0 Å². The van der Waals surface area contributed by atoms with E-state index in [0.29, 0.717) is 5.56 Å². The summed E-state index contributed by atoms with van der Waals surface area (Å²) in [5.74, 6) is 0.265.